The van der Waals surface area contributed by atoms with E-state index in [0.717, 1.165) is 11.6 Å². The number of aliphatic hydroxyl groups is 1. The summed E-state index contributed by atoms with van der Waals surface area (Å²) in [5.74, 6) is -2.06. The predicted molar refractivity (Wildman–Crippen MR) is 132 cm³/mol. The number of ketones is 1. The summed E-state index contributed by atoms with van der Waals surface area (Å²) in [5, 5.41) is 11.2. The van der Waals surface area contributed by atoms with Gasteiger partial charge in [0.05, 0.1) is 23.7 Å². The number of carbonyl (C=O) groups is 2. The monoisotopic (exact) mass is 494 g/mol. The van der Waals surface area contributed by atoms with Gasteiger partial charge in [-0.1, -0.05) is 32.4 Å². The summed E-state index contributed by atoms with van der Waals surface area (Å²) in [6.07, 6.45) is 3.05. The van der Waals surface area contributed by atoms with Crippen LogP contribution >= 0.6 is 11.6 Å². The maximum Gasteiger partial charge on any atom is 0.300 e. The van der Waals surface area contributed by atoms with Crippen LogP contribution in [0.2, 0.25) is 5.02 Å². The summed E-state index contributed by atoms with van der Waals surface area (Å²) >= 11 is 5.97. The van der Waals surface area contributed by atoms with Crippen LogP contribution in [-0.4, -0.2) is 28.9 Å². The number of methoxy groups -OCH3 is 1. The van der Waals surface area contributed by atoms with E-state index in [-0.39, 0.29) is 27.5 Å². The molecule has 1 fully saturated rings. The van der Waals surface area contributed by atoms with Crippen molar-refractivity contribution in [3.8, 4) is 5.75 Å². The van der Waals surface area contributed by atoms with Crippen LogP contribution in [0.5, 0.6) is 5.75 Å². The van der Waals surface area contributed by atoms with Crippen molar-refractivity contribution in [3.05, 3.63) is 94.0 Å². The Balaban J connectivity index is 1.95. The zero-order valence-electron chi connectivity index (χ0n) is 19.7. The van der Waals surface area contributed by atoms with Crippen molar-refractivity contribution in [2.45, 2.75) is 32.2 Å². The van der Waals surface area contributed by atoms with E-state index < -0.39 is 23.5 Å². The van der Waals surface area contributed by atoms with Crippen molar-refractivity contribution in [2.24, 2.45) is 0 Å². The molecule has 1 aliphatic heterocycles. The minimum absolute atomic E-state index is 0.0910. The fourth-order valence-electron chi connectivity index (χ4n) is 4.19. The summed E-state index contributed by atoms with van der Waals surface area (Å²) in [6, 6.07) is 11.2. The van der Waals surface area contributed by atoms with Gasteiger partial charge in [-0.05, 0) is 59.5 Å². The Morgan fingerprint density at radius 3 is 2.37 bits per heavy atom. The molecule has 4 rings (SSSR count). The molecule has 6 nitrogen and oxygen atoms in total. The van der Waals surface area contributed by atoms with E-state index in [9.17, 15) is 19.1 Å². The Morgan fingerprint density at radius 1 is 1.09 bits per heavy atom. The first-order valence-electron chi connectivity index (χ1n) is 10.9. The third-order valence-electron chi connectivity index (χ3n) is 5.93. The van der Waals surface area contributed by atoms with E-state index in [2.05, 4.69) is 4.98 Å². The lowest BCUT2D eigenvalue weighted by Crippen LogP contribution is -2.29. The second kappa shape index (κ2) is 9.15. The number of hydrogen-bond donors (Lipinski definition) is 1. The van der Waals surface area contributed by atoms with Crippen LogP contribution in [0.25, 0.3) is 5.76 Å². The number of carbonyl (C=O) groups excluding carboxylic acids is 2. The van der Waals surface area contributed by atoms with E-state index in [1.165, 1.54) is 29.4 Å². The van der Waals surface area contributed by atoms with Crippen molar-refractivity contribution in [1.82, 2.24) is 4.98 Å². The molecule has 0 bridgehead atoms. The van der Waals surface area contributed by atoms with Gasteiger partial charge in [-0.2, -0.15) is 0 Å². The summed E-state index contributed by atoms with van der Waals surface area (Å²) < 4.78 is 19.3. The van der Waals surface area contributed by atoms with Crippen molar-refractivity contribution < 1.29 is 23.8 Å². The van der Waals surface area contributed by atoms with Crippen LogP contribution in [0, 0.1) is 5.82 Å². The Morgan fingerprint density at radius 2 is 1.77 bits per heavy atom. The molecule has 180 valence electrons. The van der Waals surface area contributed by atoms with E-state index in [1.807, 2.05) is 20.8 Å². The first kappa shape index (κ1) is 24.4. The molecule has 8 heteroatoms. The molecule has 1 N–H and O–H groups in total. The second-order valence-corrected chi connectivity index (χ2v) is 9.62. The normalized spacial score (nSPS) is 17.7. The van der Waals surface area contributed by atoms with Gasteiger partial charge in [0, 0.05) is 29.2 Å². The third kappa shape index (κ3) is 4.39. The van der Waals surface area contributed by atoms with Gasteiger partial charge in [0.25, 0.3) is 11.7 Å². The first-order valence-corrected chi connectivity index (χ1v) is 11.3. The lowest BCUT2D eigenvalue weighted by Gasteiger charge is -2.26. The number of ether oxygens (including phenoxy) is 1. The number of aromatic nitrogens is 1. The number of hydrogen-bond acceptors (Lipinski definition) is 5. The largest absolute Gasteiger partial charge is 0.507 e. The van der Waals surface area contributed by atoms with Crippen LogP contribution in [0.1, 0.15) is 43.5 Å². The Hall–Kier alpha value is -3.71. The topological polar surface area (TPSA) is 79.7 Å². The molecule has 1 amide bonds. The molecule has 0 spiro atoms. The molecule has 0 radical (unpaired) electrons. The van der Waals surface area contributed by atoms with Crippen molar-refractivity contribution in [1.29, 1.82) is 0 Å². The van der Waals surface area contributed by atoms with Crippen LogP contribution < -0.4 is 9.64 Å². The van der Waals surface area contributed by atoms with E-state index in [4.69, 9.17) is 16.3 Å². The highest BCUT2D eigenvalue weighted by Gasteiger charge is 2.47. The molecule has 1 aromatic heterocycles. The smallest absolute Gasteiger partial charge is 0.300 e. The Bertz CT molecular complexity index is 1350. The summed E-state index contributed by atoms with van der Waals surface area (Å²) in [4.78, 5) is 31.7. The van der Waals surface area contributed by atoms with Crippen LogP contribution in [0.4, 0.5) is 10.1 Å². The molecule has 0 aliphatic carbocycles. The summed E-state index contributed by atoms with van der Waals surface area (Å²) in [5.41, 5.74) is 1.55. The molecule has 1 saturated heterocycles. The number of anilines is 1. The number of amides is 1. The van der Waals surface area contributed by atoms with E-state index in [0.29, 0.717) is 16.9 Å². The number of rotatable bonds is 4. The van der Waals surface area contributed by atoms with Gasteiger partial charge < -0.3 is 9.84 Å². The van der Waals surface area contributed by atoms with Gasteiger partial charge in [0.1, 0.15) is 17.3 Å². The highest BCUT2D eigenvalue weighted by Crippen LogP contribution is 2.43. The molecule has 3 aromatic rings. The minimum Gasteiger partial charge on any atom is -0.507 e. The summed E-state index contributed by atoms with van der Waals surface area (Å²) in [6.45, 7) is 6.01. The van der Waals surface area contributed by atoms with E-state index in [1.54, 1.807) is 37.4 Å². The zero-order chi connectivity index (χ0) is 25.5. The van der Waals surface area contributed by atoms with Crippen LogP contribution in [0.15, 0.2) is 66.5 Å². The minimum atomic E-state index is -0.972. The molecule has 0 saturated carbocycles. The lowest BCUT2D eigenvalue weighted by atomic mass is 9.84. The van der Waals surface area contributed by atoms with Crippen molar-refractivity contribution in [3.63, 3.8) is 0 Å². The average Bonchev–Trinajstić information content (AvgIpc) is 3.10. The lowest BCUT2D eigenvalue weighted by molar-refractivity contribution is -0.132. The van der Waals surface area contributed by atoms with E-state index >= 15 is 0 Å². The fraction of sp³-hybridized carbons (Fsp3) is 0.222. The molecular formula is C27H24ClFN2O4. The maximum absolute atomic E-state index is 13.8. The predicted octanol–water partition coefficient (Wildman–Crippen LogP) is 5.81. The van der Waals surface area contributed by atoms with Gasteiger partial charge in [-0.15, -0.1) is 0 Å². The third-order valence-corrected chi connectivity index (χ3v) is 6.22. The van der Waals surface area contributed by atoms with Gasteiger partial charge in [0.15, 0.2) is 0 Å². The standard InChI is InChI=1S/C27H24ClFN2O4/c1-27(2,3)18-13-16(5-8-21(18)35-4)24(32)22-23(15-9-11-30-12-10-15)31(26(34)25(22)33)17-6-7-20(29)19(28)14-17/h5-14,23,32H,1-4H3/b24-22-. The molecule has 2 heterocycles. The number of benzene rings is 2. The number of halogens is 2. The van der Waals surface area contributed by atoms with Crippen molar-refractivity contribution in [2.75, 3.05) is 12.0 Å². The Labute approximate surface area is 207 Å². The van der Waals surface area contributed by atoms with Gasteiger partial charge in [-0.25, -0.2) is 4.39 Å². The van der Waals surface area contributed by atoms with Crippen LogP contribution in [-0.2, 0) is 15.0 Å². The quantitative estimate of drug-likeness (QED) is 0.281. The molecular weight excluding hydrogens is 471 g/mol. The van der Waals surface area contributed by atoms with Crippen LogP contribution in [0.3, 0.4) is 0 Å². The zero-order valence-corrected chi connectivity index (χ0v) is 20.4. The van der Waals surface area contributed by atoms with Gasteiger partial charge in [0.2, 0.25) is 0 Å². The maximum atomic E-state index is 13.8. The highest BCUT2D eigenvalue weighted by atomic mass is 35.5. The molecule has 1 unspecified atom stereocenters. The number of Topliss-reactive ketones (excluding diaryl/α,β-unsaturated/α-hetero) is 1. The molecule has 1 atom stereocenters. The molecule has 2 aromatic carbocycles. The highest BCUT2D eigenvalue weighted by molar-refractivity contribution is 6.51. The number of nitrogens with zero attached hydrogens (tertiary/aromatic N) is 2. The van der Waals surface area contributed by atoms with Crippen molar-refractivity contribution >= 4 is 34.7 Å². The SMILES string of the molecule is COc1ccc(/C(O)=C2/C(=O)C(=O)N(c3ccc(F)c(Cl)c3)C2c2ccncc2)cc1C(C)(C)C. The number of aliphatic hydroxyl groups excluding tert-OH is 1. The Kier molecular flexibility index (Phi) is 6.38. The molecule has 35 heavy (non-hydrogen) atoms. The average molecular weight is 495 g/mol. The first-order chi connectivity index (χ1) is 16.5. The summed E-state index contributed by atoms with van der Waals surface area (Å²) in [7, 11) is 1.56. The fourth-order valence-corrected chi connectivity index (χ4v) is 4.37. The van der Waals surface area contributed by atoms with Gasteiger partial charge >= 0.3 is 0 Å². The van der Waals surface area contributed by atoms with Gasteiger partial charge in [-0.3, -0.25) is 19.5 Å². The number of pyridine rings is 1. The second-order valence-electron chi connectivity index (χ2n) is 9.21. The molecule has 1 aliphatic rings.